The summed E-state index contributed by atoms with van der Waals surface area (Å²) in [5.74, 6) is 0. The number of nitrogens with one attached hydrogen (secondary N) is 1. The lowest BCUT2D eigenvalue weighted by molar-refractivity contribution is 0.389. The van der Waals surface area contributed by atoms with Gasteiger partial charge in [-0.1, -0.05) is 0 Å². The summed E-state index contributed by atoms with van der Waals surface area (Å²) in [4.78, 5) is 2.43. The quantitative estimate of drug-likeness (QED) is 0.605. The third-order valence-electron chi connectivity index (χ3n) is 3.25. The summed E-state index contributed by atoms with van der Waals surface area (Å²) in [7, 11) is 2.21. The van der Waals surface area contributed by atoms with Gasteiger partial charge in [0.2, 0.25) is 0 Å². The number of nitrogens with zero attached hydrogens (tertiary/aromatic N) is 1. The van der Waals surface area contributed by atoms with Gasteiger partial charge in [-0.15, -0.1) is 0 Å². The molecule has 0 amide bonds. The first kappa shape index (κ1) is 8.48. The molecule has 1 saturated heterocycles. The monoisotopic (exact) mass is 169 g/mol. The Hall–Kier alpha value is -0.120. The van der Waals surface area contributed by atoms with E-state index in [9.17, 15) is 0 Å². The van der Waals surface area contributed by atoms with Crippen molar-refractivity contribution in [1.82, 2.24) is 10.2 Å². The van der Waals surface area contributed by atoms with E-state index in [-0.39, 0.29) is 0 Å². The fraction of sp³-hybridized carbons (Fsp3) is 1.00. The lowest BCUT2D eigenvalue weighted by atomic mass is 10.0. The van der Waals surface area contributed by atoms with Crippen LogP contribution in [0.1, 0.15) is 12.8 Å². The summed E-state index contributed by atoms with van der Waals surface area (Å²) in [6.07, 6.45) is 2.83. The minimum absolute atomic E-state index is 0.643. The number of rotatable bonds is 3. The average Bonchev–Trinajstić information content (AvgIpc) is 2.70. The molecule has 3 N–H and O–H groups in total. The summed E-state index contributed by atoms with van der Waals surface area (Å²) >= 11 is 0. The maximum absolute atomic E-state index is 5.47. The van der Waals surface area contributed by atoms with E-state index in [1.54, 1.807) is 0 Å². The average molecular weight is 169 g/mol. The molecule has 12 heavy (non-hydrogen) atoms. The molecule has 1 aliphatic carbocycles. The molecule has 0 bridgehead atoms. The fourth-order valence-electron chi connectivity index (χ4n) is 2.42. The van der Waals surface area contributed by atoms with Crippen molar-refractivity contribution in [1.29, 1.82) is 0 Å². The van der Waals surface area contributed by atoms with Crippen molar-refractivity contribution in [3.8, 4) is 0 Å². The molecule has 2 fully saturated rings. The van der Waals surface area contributed by atoms with Crippen LogP contribution in [0.5, 0.6) is 0 Å². The predicted molar refractivity (Wildman–Crippen MR) is 50.0 cm³/mol. The molecule has 0 aromatic carbocycles. The molecular weight excluding hydrogens is 150 g/mol. The van der Waals surface area contributed by atoms with Crippen LogP contribution in [0.2, 0.25) is 0 Å². The zero-order valence-corrected chi connectivity index (χ0v) is 7.84. The van der Waals surface area contributed by atoms with E-state index < -0.39 is 0 Å². The van der Waals surface area contributed by atoms with Gasteiger partial charge < -0.3 is 16.0 Å². The highest BCUT2D eigenvalue weighted by Gasteiger charge is 2.53. The van der Waals surface area contributed by atoms with Gasteiger partial charge in [-0.25, -0.2) is 0 Å². The third kappa shape index (κ3) is 1.37. The van der Waals surface area contributed by atoms with Crippen LogP contribution in [0.4, 0.5) is 0 Å². The van der Waals surface area contributed by atoms with Gasteiger partial charge in [-0.3, -0.25) is 0 Å². The van der Waals surface area contributed by atoms with Crippen molar-refractivity contribution in [3.63, 3.8) is 0 Å². The molecule has 2 aliphatic rings. The molecule has 2 rings (SSSR count). The van der Waals surface area contributed by atoms with Crippen LogP contribution in [-0.2, 0) is 0 Å². The summed E-state index contributed by atoms with van der Waals surface area (Å²) < 4.78 is 0. The third-order valence-corrected chi connectivity index (χ3v) is 3.25. The fourth-order valence-corrected chi connectivity index (χ4v) is 2.42. The Kier molecular flexibility index (Phi) is 2.10. The first-order chi connectivity index (χ1) is 5.77. The molecule has 0 unspecified atom stereocenters. The maximum Gasteiger partial charge on any atom is 0.0264 e. The van der Waals surface area contributed by atoms with Crippen LogP contribution < -0.4 is 11.1 Å². The van der Waals surface area contributed by atoms with Crippen molar-refractivity contribution >= 4 is 0 Å². The van der Waals surface area contributed by atoms with Gasteiger partial charge in [-0.05, 0) is 25.3 Å². The maximum atomic E-state index is 5.47. The molecule has 1 aliphatic heterocycles. The summed E-state index contributed by atoms with van der Waals surface area (Å²) in [6, 6.07) is 0.714. The lowest BCUT2D eigenvalue weighted by Crippen LogP contribution is -2.39. The second-order valence-electron chi connectivity index (χ2n) is 4.35. The van der Waals surface area contributed by atoms with E-state index in [1.165, 1.54) is 25.9 Å². The smallest absolute Gasteiger partial charge is 0.0264 e. The van der Waals surface area contributed by atoms with Crippen LogP contribution >= 0.6 is 0 Å². The molecular formula is C9H19N3. The Morgan fingerprint density at radius 3 is 2.92 bits per heavy atom. The minimum atomic E-state index is 0.643. The Morgan fingerprint density at radius 1 is 1.58 bits per heavy atom. The topological polar surface area (TPSA) is 41.3 Å². The lowest BCUT2D eigenvalue weighted by Gasteiger charge is -2.17. The molecule has 1 saturated carbocycles. The van der Waals surface area contributed by atoms with E-state index >= 15 is 0 Å². The van der Waals surface area contributed by atoms with Crippen LogP contribution in [0, 0.1) is 5.41 Å². The van der Waals surface area contributed by atoms with Gasteiger partial charge in [0, 0.05) is 32.2 Å². The zero-order chi connectivity index (χ0) is 8.60. The second kappa shape index (κ2) is 2.98. The number of nitrogens with two attached hydrogens (primary N) is 1. The largest absolute Gasteiger partial charge is 0.329 e. The highest BCUT2D eigenvalue weighted by molar-refractivity contribution is 5.09. The van der Waals surface area contributed by atoms with Gasteiger partial charge in [0.05, 0.1) is 0 Å². The first-order valence-electron chi connectivity index (χ1n) is 4.89. The van der Waals surface area contributed by atoms with Gasteiger partial charge >= 0.3 is 0 Å². The molecule has 0 aromatic rings. The number of hydrogen-bond acceptors (Lipinski definition) is 3. The van der Waals surface area contributed by atoms with E-state index in [2.05, 4.69) is 17.3 Å². The highest BCUT2D eigenvalue weighted by Crippen LogP contribution is 2.52. The van der Waals surface area contributed by atoms with E-state index in [4.69, 9.17) is 5.73 Å². The van der Waals surface area contributed by atoms with Gasteiger partial charge in [0.15, 0.2) is 0 Å². The molecule has 70 valence electrons. The Bertz CT molecular complexity index is 165. The first-order valence-corrected chi connectivity index (χ1v) is 4.89. The van der Waals surface area contributed by atoms with Crippen LogP contribution in [0.15, 0.2) is 0 Å². The summed E-state index contributed by atoms with van der Waals surface area (Å²) in [6.45, 7) is 4.23. The van der Waals surface area contributed by atoms with Crippen LogP contribution in [-0.4, -0.2) is 44.2 Å². The van der Waals surface area contributed by atoms with Crippen LogP contribution in [0.3, 0.4) is 0 Å². The van der Waals surface area contributed by atoms with Gasteiger partial charge in [0.1, 0.15) is 0 Å². The molecule has 1 atom stereocenters. The molecule has 0 radical (unpaired) electrons. The SMILES string of the molecule is CN1C[C@H](NCCN)C2(CC2)C1. The van der Waals surface area contributed by atoms with Crippen LogP contribution in [0.25, 0.3) is 0 Å². The van der Waals surface area contributed by atoms with Crippen molar-refractivity contribution < 1.29 is 0 Å². The number of likely N-dealkylation sites (tertiary alicyclic amines) is 1. The van der Waals surface area contributed by atoms with E-state index in [1.807, 2.05) is 0 Å². The Balaban J connectivity index is 1.88. The van der Waals surface area contributed by atoms with Gasteiger partial charge in [0.25, 0.3) is 0 Å². The molecule has 1 heterocycles. The number of likely N-dealkylation sites (N-methyl/N-ethyl adjacent to an activating group) is 1. The summed E-state index contributed by atoms with van der Waals surface area (Å²) in [5.41, 5.74) is 6.12. The molecule has 1 spiro atoms. The van der Waals surface area contributed by atoms with E-state index in [0.717, 1.165) is 13.1 Å². The molecule has 3 heteroatoms. The highest BCUT2D eigenvalue weighted by atomic mass is 15.2. The second-order valence-corrected chi connectivity index (χ2v) is 4.35. The predicted octanol–water partition coefficient (Wildman–Crippen LogP) is -0.371. The number of hydrogen-bond donors (Lipinski definition) is 2. The van der Waals surface area contributed by atoms with Crippen molar-refractivity contribution in [2.45, 2.75) is 18.9 Å². The minimum Gasteiger partial charge on any atom is -0.329 e. The zero-order valence-electron chi connectivity index (χ0n) is 7.84. The normalized spacial score (nSPS) is 33.0. The van der Waals surface area contributed by atoms with E-state index in [0.29, 0.717) is 11.5 Å². The molecule has 0 aromatic heterocycles. The standard InChI is InChI=1S/C9H19N3/c1-12-6-8(11-5-4-10)9(7-12)2-3-9/h8,11H,2-7,10H2,1H3/t8-/m0/s1. The molecule has 3 nitrogen and oxygen atoms in total. The Morgan fingerprint density at radius 2 is 2.33 bits per heavy atom. The van der Waals surface area contributed by atoms with Crippen molar-refractivity contribution in [3.05, 3.63) is 0 Å². The Labute approximate surface area is 74.3 Å². The van der Waals surface area contributed by atoms with Gasteiger partial charge in [-0.2, -0.15) is 0 Å². The van der Waals surface area contributed by atoms with Crippen molar-refractivity contribution in [2.24, 2.45) is 11.1 Å². The summed E-state index contributed by atoms with van der Waals surface area (Å²) in [5, 5.41) is 3.55. The van der Waals surface area contributed by atoms with Crippen molar-refractivity contribution in [2.75, 3.05) is 33.2 Å².